The summed E-state index contributed by atoms with van der Waals surface area (Å²) in [5, 5.41) is 6.86. The van der Waals surface area contributed by atoms with Gasteiger partial charge < -0.3 is 14.6 Å². The molecule has 7 nitrogen and oxygen atoms in total. The molecule has 3 aromatic rings. The van der Waals surface area contributed by atoms with Crippen molar-refractivity contribution in [3.63, 3.8) is 0 Å². The van der Waals surface area contributed by atoms with E-state index in [4.69, 9.17) is 9.26 Å². The van der Waals surface area contributed by atoms with Crippen LogP contribution < -0.4 is 5.32 Å². The number of rotatable bonds is 11. The second kappa shape index (κ2) is 11.9. The zero-order chi connectivity index (χ0) is 23.6. The molecule has 1 N–H and O–H groups in total. The van der Waals surface area contributed by atoms with Crippen LogP contribution in [0.15, 0.2) is 59.1 Å². The van der Waals surface area contributed by atoms with Gasteiger partial charge in [-0.05, 0) is 30.4 Å². The fraction of sp³-hybridized carbons (Fsp3) is 0.385. The van der Waals surface area contributed by atoms with Gasteiger partial charge in [0, 0.05) is 24.9 Å². The van der Waals surface area contributed by atoms with Gasteiger partial charge in [-0.1, -0.05) is 73.6 Å². The number of hydrogen-bond acceptors (Lipinski definition) is 6. The van der Waals surface area contributed by atoms with Gasteiger partial charge in [0.25, 0.3) is 0 Å². The van der Waals surface area contributed by atoms with Gasteiger partial charge in [0.2, 0.25) is 17.6 Å². The van der Waals surface area contributed by atoms with Gasteiger partial charge in [-0.25, -0.2) is 0 Å². The number of aryl methyl sites for hydroxylation is 1. The Morgan fingerprint density at radius 3 is 2.45 bits per heavy atom. The summed E-state index contributed by atoms with van der Waals surface area (Å²) in [6.07, 6.45) is 1.02. The van der Waals surface area contributed by atoms with Crippen molar-refractivity contribution in [2.75, 3.05) is 13.2 Å². The Morgan fingerprint density at radius 1 is 1.06 bits per heavy atom. The first-order valence-electron chi connectivity index (χ1n) is 11.4. The third-order valence-electron chi connectivity index (χ3n) is 5.36. The molecule has 0 spiro atoms. The summed E-state index contributed by atoms with van der Waals surface area (Å²) >= 11 is 0. The zero-order valence-corrected chi connectivity index (χ0v) is 19.4. The maximum Gasteiger partial charge on any atom is 0.311 e. The molecule has 0 aliphatic heterocycles. The maximum atomic E-state index is 12.4. The van der Waals surface area contributed by atoms with E-state index in [2.05, 4.69) is 41.4 Å². The third-order valence-corrected chi connectivity index (χ3v) is 5.36. The SMILES string of the molecule is CCOC(=O)C(CNC(=O)CCc1nc(-c2ccc(C(C)C)cc2)no1)Cc1ccccc1. The number of benzene rings is 2. The van der Waals surface area contributed by atoms with Gasteiger partial charge in [-0.3, -0.25) is 9.59 Å². The molecule has 0 aliphatic carbocycles. The fourth-order valence-corrected chi connectivity index (χ4v) is 3.43. The summed E-state index contributed by atoms with van der Waals surface area (Å²) in [5.74, 6) is 0.421. The Kier molecular flexibility index (Phi) is 8.75. The van der Waals surface area contributed by atoms with Gasteiger partial charge in [-0.2, -0.15) is 4.98 Å². The number of nitrogens with one attached hydrogen (secondary N) is 1. The Balaban J connectivity index is 1.51. The normalized spacial score (nSPS) is 11.9. The lowest BCUT2D eigenvalue weighted by Gasteiger charge is -2.16. The number of esters is 1. The molecule has 1 unspecified atom stereocenters. The van der Waals surface area contributed by atoms with Crippen molar-refractivity contribution in [3.05, 3.63) is 71.6 Å². The number of ether oxygens (including phenoxy) is 1. The molecule has 0 aliphatic rings. The molecule has 0 bridgehead atoms. The van der Waals surface area contributed by atoms with E-state index in [1.165, 1.54) is 5.56 Å². The van der Waals surface area contributed by atoms with E-state index in [0.29, 0.717) is 37.1 Å². The maximum absolute atomic E-state index is 12.4. The van der Waals surface area contributed by atoms with Crippen LogP contribution >= 0.6 is 0 Å². The number of aromatic nitrogens is 2. The molecular weight excluding hydrogens is 418 g/mol. The minimum Gasteiger partial charge on any atom is -0.466 e. The van der Waals surface area contributed by atoms with Gasteiger partial charge in [0.15, 0.2) is 0 Å². The molecule has 33 heavy (non-hydrogen) atoms. The van der Waals surface area contributed by atoms with Crippen molar-refractivity contribution in [2.45, 2.75) is 46.0 Å². The highest BCUT2D eigenvalue weighted by Gasteiger charge is 2.21. The Morgan fingerprint density at radius 2 is 1.79 bits per heavy atom. The quantitative estimate of drug-likeness (QED) is 0.438. The lowest BCUT2D eigenvalue weighted by molar-refractivity contribution is -0.147. The largest absolute Gasteiger partial charge is 0.466 e. The highest BCUT2D eigenvalue weighted by atomic mass is 16.5. The van der Waals surface area contributed by atoms with E-state index in [1.807, 2.05) is 42.5 Å². The minimum atomic E-state index is -0.444. The van der Waals surface area contributed by atoms with Crippen LogP contribution in [0, 0.1) is 5.92 Å². The van der Waals surface area contributed by atoms with Crippen molar-refractivity contribution in [1.82, 2.24) is 15.5 Å². The molecule has 1 aromatic heterocycles. The summed E-state index contributed by atoms with van der Waals surface area (Å²) in [5.41, 5.74) is 3.13. The average molecular weight is 450 g/mol. The smallest absolute Gasteiger partial charge is 0.311 e. The molecular formula is C26H31N3O4. The topological polar surface area (TPSA) is 94.3 Å². The lowest BCUT2D eigenvalue weighted by Crippen LogP contribution is -2.35. The summed E-state index contributed by atoms with van der Waals surface area (Å²) in [6.45, 7) is 6.57. The first-order chi connectivity index (χ1) is 16.0. The van der Waals surface area contributed by atoms with Gasteiger partial charge in [-0.15, -0.1) is 0 Å². The Labute approximate surface area is 194 Å². The second-order valence-corrected chi connectivity index (χ2v) is 8.23. The predicted molar refractivity (Wildman–Crippen MR) is 125 cm³/mol. The monoisotopic (exact) mass is 449 g/mol. The zero-order valence-electron chi connectivity index (χ0n) is 19.4. The highest BCUT2D eigenvalue weighted by molar-refractivity contribution is 5.78. The van der Waals surface area contributed by atoms with Gasteiger partial charge in [0.1, 0.15) is 0 Å². The summed E-state index contributed by atoms with van der Waals surface area (Å²) < 4.78 is 10.5. The van der Waals surface area contributed by atoms with Crippen LogP contribution in [0.3, 0.4) is 0 Å². The summed E-state index contributed by atoms with van der Waals surface area (Å²) in [7, 11) is 0. The number of carbonyl (C=O) groups excluding carboxylic acids is 2. The van der Waals surface area contributed by atoms with Crippen molar-refractivity contribution in [1.29, 1.82) is 0 Å². The van der Waals surface area contributed by atoms with E-state index in [0.717, 1.165) is 11.1 Å². The standard InChI is InChI=1S/C26H31N3O4/c1-4-32-26(31)22(16-19-8-6-5-7-9-19)17-27-23(30)14-15-24-28-25(29-33-24)21-12-10-20(11-13-21)18(2)3/h5-13,18,22H,4,14-17H2,1-3H3,(H,27,30). The van der Waals surface area contributed by atoms with Crippen LogP contribution in [-0.2, 0) is 27.2 Å². The van der Waals surface area contributed by atoms with Crippen LogP contribution in [0.5, 0.6) is 0 Å². The van der Waals surface area contributed by atoms with E-state index >= 15 is 0 Å². The number of nitrogens with zero attached hydrogens (tertiary/aromatic N) is 2. The second-order valence-electron chi connectivity index (χ2n) is 8.23. The molecule has 2 aromatic carbocycles. The van der Waals surface area contributed by atoms with E-state index in [-0.39, 0.29) is 24.8 Å². The number of amides is 1. The molecule has 174 valence electrons. The fourth-order valence-electron chi connectivity index (χ4n) is 3.43. The lowest BCUT2D eigenvalue weighted by atomic mass is 9.99. The molecule has 1 atom stereocenters. The van der Waals surface area contributed by atoms with Gasteiger partial charge >= 0.3 is 5.97 Å². The van der Waals surface area contributed by atoms with Crippen molar-refractivity contribution < 1.29 is 18.8 Å². The van der Waals surface area contributed by atoms with Crippen molar-refractivity contribution >= 4 is 11.9 Å². The predicted octanol–water partition coefficient (Wildman–Crippen LogP) is 4.33. The summed E-state index contributed by atoms with van der Waals surface area (Å²) in [4.78, 5) is 29.1. The molecule has 1 heterocycles. The number of carbonyl (C=O) groups is 2. The molecule has 0 fully saturated rings. The average Bonchev–Trinajstić information content (AvgIpc) is 3.30. The Hall–Kier alpha value is -3.48. The third kappa shape index (κ3) is 7.27. The van der Waals surface area contributed by atoms with Crippen LogP contribution in [0.4, 0.5) is 0 Å². The molecule has 7 heteroatoms. The number of hydrogen-bond donors (Lipinski definition) is 1. The summed E-state index contributed by atoms with van der Waals surface area (Å²) in [6, 6.07) is 17.7. The molecule has 0 radical (unpaired) electrons. The van der Waals surface area contributed by atoms with Crippen LogP contribution in [-0.4, -0.2) is 35.2 Å². The molecule has 0 saturated heterocycles. The van der Waals surface area contributed by atoms with Crippen LogP contribution in [0.25, 0.3) is 11.4 Å². The van der Waals surface area contributed by atoms with Crippen molar-refractivity contribution in [2.24, 2.45) is 5.92 Å². The van der Waals surface area contributed by atoms with Crippen molar-refractivity contribution in [3.8, 4) is 11.4 Å². The van der Waals surface area contributed by atoms with E-state index in [9.17, 15) is 9.59 Å². The first kappa shape index (κ1) is 24.2. The highest BCUT2D eigenvalue weighted by Crippen LogP contribution is 2.20. The molecule has 1 amide bonds. The van der Waals surface area contributed by atoms with Crippen LogP contribution in [0.2, 0.25) is 0 Å². The van der Waals surface area contributed by atoms with E-state index < -0.39 is 5.92 Å². The Bertz CT molecular complexity index is 1030. The van der Waals surface area contributed by atoms with Crippen LogP contribution in [0.1, 0.15) is 50.1 Å². The first-order valence-corrected chi connectivity index (χ1v) is 11.4. The molecule has 3 rings (SSSR count). The van der Waals surface area contributed by atoms with Gasteiger partial charge in [0.05, 0.1) is 12.5 Å². The minimum absolute atomic E-state index is 0.182. The van der Waals surface area contributed by atoms with E-state index in [1.54, 1.807) is 6.92 Å². The molecule has 0 saturated carbocycles.